The number of ether oxygens (including phenoxy) is 1. The molecule has 0 bridgehead atoms. The molecule has 0 atom stereocenters. The van der Waals surface area contributed by atoms with E-state index in [1.807, 2.05) is 63.9 Å². The van der Waals surface area contributed by atoms with Crippen molar-refractivity contribution < 1.29 is 9.53 Å². The Kier molecular flexibility index (Phi) is 15.4. The number of rotatable bonds is 8. The predicted molar refractivity (Wildman–Crippen MR) is 172 cm³/mol. The maximum absolute atomic E-state index is 12.9. The van der Waals surface area contributed by atoms with Crippen LogP contribution in [-0.2, 0) is 5.41 Å². The molecule has 2 aromatic carbocycles. The number of amides is 1. The molecule has 0 aliphatic heterocycles. The fourth-order valence-corrected chi connectivity index (χ4v) is 3.42. The Hall–Kier alpha value is -3.78. The van der Waals surface area contributed by atoms with E-state index in [0.717, 1.165) is 29.7 Å². The zero-order chi connectivity index (χ0) is 31.2. The highest BCUT2D eigenvalue weighted by atomic mass is 16.5. The Morgan fingerprint density at radius 1 is 1.15 bits per heavy atom. The molecule has 2 aromatic rings. The molecule has 222 valence electrons. The van der Waals surface area contributed by atoms with Crippen LogP contribution in [0.3, 0.4) is 0 Å². The molecule has 0 saturated heterocycles. The molecule has 0 heterocycles. The molecule has 0 spiro atoms. The third-order valence-corrected chi connectivity index (χ3v) is 5.87. The molecule has 0 radical (unpaired) electrons. The first-order valence-corrected chi connectivity index (χ1v) is 13.7. The van der Waals surface area contributed by atoms with Crippen molar-refractivity contribution in [3.05, 3.63) is 77.3 Å². The highest BCUT2D eigenvalue weighted by molar-refractivity contribution is 6.05. The lowest BCUT2D eigenvalue weighted by Gasteiger charge is -2.21. The van der Waals surface area contributed by atoms with E-state index in [0.29, 0.717) is 34.2 Å². The normalized spacial score (nSPS) is 10.8. The van der Waals surface area contributed by atoms with Crippen LogP contribution in [0.5, 0.6) is 5.75 Å². The van der Waals surface area contributed by atoms with Gasteiger partial charge in [-0.3, -0.25) is 15.2 Å². The molecule has 0 aliphatic carbocycles. The number of methoxy groups -OCH3 is 1. The first kappa shape index (κ1) is 36.2. The number of hydrogen-bond donors (Lipinski definition) is 4. The fraction of sp³-hybridized carbons (Fsp3) is 0.438. The second kappa shape index (κ2) is 17.0. The second-order valence-corrected chi connectivity index (χ2v) is 10.4. The minimum atomic E-state index is -0.243. The van der Waals surface area contributed by atoms with E-state index >= 15 is 0 Å². The molecule has 0 fully saturated rings. The van der Waals surface area contributed by atoms with E-state index in [1.165, 1.54) is 5.01 Å². The van der Waals surface area contributed by atoms with Gasteiger partial charge in [0.05, 0.1) is 24.3 Å². The number of allylic oxidation sites excluding steroid dienone is 2. The van der Waals surface area contributed by atoms with Gasteiger partial charge in [-0.1, -0.05) is 60.3 Å². The van der Waals surface area contributed by atoms with Crippen LogP contribution in [-0.4, -0.2) is 30.8 Å². The molecule has 0 aliphatic rings. The lowest BCUT2D eigenvalue weighted by atomic mass is 9.87. The first-order chi connectivity index (χ1) is 18.6. The number of aryl methyl sites for hydroxylation is 1. The molecule has 40 heavy (non-hydrogen) atoms. The number of amidine groups is 1. The Morgan fingerprint density at radius 2 is 1.75 bits per heavy atom. The van der Waals surface area contributed by atoms with Gasteiger partial charge in [-0.05, 0) is 68.0 Å². The zero-order valence-electron chi connectivity index (χ0n) is 26.5. The van der Waals surface area contributed by atoms with Crippen molar-refractivity contribution >= 4 is 23.1 Å². The van der Waals surface area contributed by atoms with E-state index in [2.05, 4.69) is 39.6 Å². The summed E-state index contributed by atoms with van der Waals surface area (Å²) in [6.07, 6.45) is 3.47. The monoisotopic (exact) mass is 552 g/mol. The summed E-state index contributed by atoms with van der Waals surface area (Å²) in [6.45, 7) is 21.8. The zero-order valence-corrected chi connectivity index (χ0v) is 26.5. The van der Waals surface area contributed by atoms with Crippen LogP contribution in [0.4, 0.5) is 11.4 Å². The highest BCUT2D eigenvalue weighted by Crippen LogP contribution is 2.32. The number of hydrazine groups is 1. The summed E-state index contributed by atoms with van der Waals surface area (Å²) in [4.78, 5) is 14.7. The third kappa shape index (κ3) is 11.5. The number of hydrogen-bond acceptors (Lipinski definition) is 6. The lowest BCUT2D eigenvalue weighted by molar-refractivity contribution is 0.102. The van der Waals surface area contributed by atoms with Crippen LogP contribution in [0.1, 0.15) is 89.7 Å². The molecule has 0 aromatic heterocycles. The van der Waals surface area contributed by atoms with Gasteiger partial charge in [0.1, 0.15) is 5.75 Å². The van der Waals surface area contributed by atoms with Crippen LogP contribution in [0, 0.1) is 12.3 Å². The smallest absolute Gasteiger partial charge is 0.255 e. The molecule has 0 saturated carbocycles. The number of benzene rings is 2. The van der Waals surface area contributed by atoms with Crippen molar-refractivity contribution in [3.8, 4) is 5.75 Å². The summed E-state index contributed by atoms with van der Waals surface area (Å²) < 4.78 is 5.41. The van der Waals surface area contributed by atoms with Crippen LogP contribution >= 0.6 is 0 Å². The van der Waals surface area contributed by atoms with Gasteiger partial charge in [0.25, 0.3) is 5.91 Å². The summed E-state index contributed by atoms with van der Waals surface area (Å²) >= 11 is 0. The number of anilines is 2. The fourth-order valence-electron chi connectivity index (χ4n) is 3.42. The van der Waals surface area contributed by atoms with Crippen molar-refractivity contribution in [3.63, 3.8) is 0 Å². The molecule has 8 nitrogen and oxygen atoms in total. The molecular formula is C32H52N6O2. The van der Waals surface area contributed by atoms with Crippen LogP contribution in [0.2, 0.25) is 0 Å². The summed E-state index contributed by atoms with van der Waals surface area (Å²) in [7, 11) is 3.46. The summed E-state index contributed by atoms with van der Waals surface area (Å²) in [6, 6.07) is 11.2. The van der Waals surface area contributed by atoms with E-state index in [-0.39, 0.29) is 11.3 Å². The second-order valence-electron chi connectivity index (χ2n) is 10.4. The van der Waals surface area contributed by atoms with E-state index in [1.54, 1.807) is 32.4 Å². The Balaban J connectivity index is 0.00000107. The van der Waals surface area contributed by atoms with Crippen LogP contribution < -0.4 is 26.6 Å². The Bertz CT molecular complexity index is 1160. The van der Waals surface area contributed by atoms with Crippen molar-refractivity contribution in [1.29, 1.82) is 5.41 Å². The van der Waals surface area contributed by atoms with E-state index in [9.17, 15) is 4.79 Å². The van der Waals surface area contributed by atoms with Gasteiger partial charge < -0.3 is 20.7 Å². The Labute approximate surface area is 242 Å². The van der Waals surface area contributed by atoms with Crippen LogP contribution in [0.25, 0.3) is 0 Å². The summed E-state index contributed by atoms with van der Waals surface area (Å²) in [5.74, 6) is 7.07. The van der Waals surface area contributed by atoms with E-state index < -0.39 is 0 Å². The first-order valence-electron chi connectivity index (χ1n) is 13.7. The van der Waals surface area contributed by atoms with Gasteiger partial charge in [0.15, 0.2) is 0 Å². The molecule has 0 unspecified atom stereocenters. The predicted octanol–water partition coefficient (Wildman–Crippen LogP) is 7.31. The minimum absolute atomic E-state index is 0.0464. The van der Waals surface area contributed by atoms with Crippen molar-refractivity contribution in [2.75, 3.05) is 24.5 Å². The van der Waals surface area contributed by atoms with Gasteiger partial charge in [-0.2, -0.15) is 0 Å². The topological polar surface area (TPSA) is 121 Å². The van der Waals surface area contributed by atoms with Crippen molar-refractivity contribution in [1.82, 2.24) is 4.90 Å². The number of nitrogens with one attached hydrogen (secondary N) is 2. The average Bonchev–Trinajstić information content (AvgIpc) is 2.89. The maximum atomic E-state index is 12.9. The van der Waals surface area contributed by atoms with Crippen LogP contribution in [0.15, 0.2) is 60.6 Å². The number of nitrogens with zero attached hydrogens (tertiary/aromatic N) is 2. The Morgan fingerprint density at radius 3 is 2.23 bits per heavy atom. The highest BCUT2D eigenvalue weighted by Gasteiger charge is 2.18. The van der Waals surface area contributed by atoms with Gasteiger partial charge in [-0.15, -0.1) is 0 Å². The molecule has 6 N–H and O–H groups in total. The molecule has 8 heteroatoms. The minimum Gasteiger partial charge on any atom is -0.495 e. The third-order valence-electron chi connectivity index (χ3n) is 5.87. The van der Waals surface area contributed by atoms with Gasteiger partial charge in [0, 0.05) is 36.6 Å². The van der Waals surface area contributed by atoms with Gasteiger partial charge in [0.2, 0.25) is 0 Å². The number of carbonyl (C=O) groups excluding carboxylic acids is 1. The maximum Gasteiger partial charge on any atom is 0.255 e. The van der Waals surface area contributed by atoms with Gasteiger partial charge >= 0.3 is 0 Å². The standard InChI is InChI=1S/C22H30N4O2.C8H16N2.C2H6/c1-14-7-8-16(11-19(14)26(24)13-15(2)23)21(27)25-18-12-17(22(3,4)5)9-10-20(18)28-6;1-5-6-8(9)10(4)7(2)3;1-2/h7-13H,23-24H2,1-6H3,(H,25,27);9H,2,5-6H2,1,3-4H3;1-2H3/b15-13-;;. The molecule has 2 rings (SSSR count). The van der Waals surface area contributed by atoms with Gasteiger partial charge in [-0.25, -0.2) is 5.84 Å². The average molecular weight is 553 g/mol. The van der Waals surface area contributed by atoms with Crippen molar-refractivity contribution in [2.24, 2.45) is 11.6 Å². The van der Waals surface area contributed by atoms with E-state index in [4.69, 9.17) is 21.7 Å². The quantitative estimate of drug-likeness (QED) is 0.118. The SMILES string of the molecule is C=C(C)N(C)C(=N)CCC.CC.COc1ccc(C(C)(C)C)cc1NC(=O)c1ccc(C)c(N(N)/C=C(/C)N)c1. The van der Waals surface area contributed by atoms with Crippen molar-refractivity contribution in [2.45, 2.75) is 80.6 Å². The summed E-state index contributed by atoms with van der Waals surface area (Å²) in [5, 5.41) is 11.9. The number of nitrogens with two attached hydrogens (primary N) is 2. The number of carbonyl (C=O) groups is 1. The largest absolute Gasteiger partial charge is 0.495 e. The lowest BCUT2D eigenvalue weighted by Crippen LogP contribution is -2.27. The molecule has 1 amide bonds. The molecular weight excluding hydrogens is 500 g/mol. The summed E-state index contributed by atoms with van der Waals surface area (Å²) in [5.41, 5.74) is 11.0.